The van der Waals surface area contributed by atoms with E-state index < -0.39 is 6.03 Å². The average Bonchev–Trinajstić information content (AvgIpc) is 2.96. The Labute approximate surface area is 178 Å². The van der Waals surface area contributed by atoms with Gasteiger partial charge in [-0.1, -0.05) is 52.7 Å². The summed E-state index contributed by atoms with van der Waals surface area (Å²) in [6.45, 7) is 4.75. The molecule has 0 aromatic heterocycles. The molecule has 0 spiro atoms. The van der Waals surface area contributed by atoms with Crippen LogP contribution in [-0.4, -0.2) is 30.5 Å². The van der Waals surface area contributed by atoms with Crippen molar-refractivity contribution < 1.29 is 19.1 Å². The number of imide groups is 1. The van der Waals surface area contributed by atoms with Crippen LogP contribution in [0.15, 0.2) is 46.6 Å². The Morgan fingerprint density at radius 1 is 1.17 bits per heavy atom. The van der Waals surface area contributed by atoms with Gasteiger partial charge in [0.2, 0.25) is 0 Å². The van der Waals surface area contributed by atoms with E-state index in [0.29, 0.717) is 36.6 Å². The van der Waals surface area contributed by atoms with Crippen LogP contribution < -0.4 is 14.8 Å². The van der Waals surface area contributed by atoms with E-state index in [1.54, 1.807) is 25.3 Å². The van der Waals surface area contributed by atoms with E-state index in [0.717, 1.165) is 10.0 Å². The van der Waals surface area contributed by atoms with Crippen LogP contribution in [0.5, 0.6) is 11.5 Å². The summed E-state index contributed by atoms with van der Waals surface area (Å²) in [6, 6.07) is 11.3. The van der Waals surface area contributed by atoms with Gasteiger partial charge < -0.3 is 14.8 Å². The molecule has 3 amide bonds. The lowest BCUT2D eigenvalue weighted by Gasteiger charge is -2.13. The van der Waals surface area contributed by atoms with Crippen molar-refractivity contribution in [1.29, 1.82) is 0 Å². The predicted molar refractivity (Wildman–Crippen MR) is 115 cm³/mol. The number of aryl methyl sites for hydroxylation is 1. The Bertz CT molecular complexity index is 971. The lowest BCUT2D eigenvalue weighted by molar-refractivity contribution is -0.122. The Balaban J connectivity index is 1.83. The molecule has 3 rings (SSSR count). The number of urea groups is 1. The lowest BCUT2D eigenvalue weighted by Crippen LogP contribution is -2.31. The summed E-state index contributed by atoms with van der Waals surface area (Å²) in [4.78, 5) is 25.6. The number of amides is 3. The molecule has 0 saturated carbocycles. The molecule has 2 aromatic rings. The van der Waals surface area contributed by atoms with E-state index in [1.165, 1.54) is 10.5 Å². The quantitative estimate of drug-likeness (QED) is 0.484. The highest BCUT2D eigenvalue weighted by Gasteiger charge is 2.32. The van der Waals surface area contributed by atoms with Gasteiger partial charge in [-0.05, 0) is 42.7 Å². The van der Waals surface area contributed by atoms with Gasteiger partial charge in [-0.25, -0.2) is 4.79 Å². The largest absolute Gasteiger partial charge is 0.493 e. The number of halogens is 1. The predicted octanol–water partition coefficient (Wildman–Crippen LogP) is 4.65. The molecule has 1 N–H and O–H groups in total. The highest BCUT2D eigenvalue weighted by molar-refractivity contribution is 9.10. The van der Waals surface area contributed by atoms with Crippen LogP contribution in [0.3, 0.4) is 0 Å². The van der Waals surface area contributed by atoms with Gasteiger partial charge in [-0.2, -0.15) is 0 Å². The number of carbonyl (C=O) groups excluding carboxylic acids is 2. The number of benzene rings is 2. The van der Waals surface area contributed by atoms with Crippen molar-refractivity contribution in [2.75, 3.05) is 13.7 Å². The standard InChI is InChI=1S/C22H23BrN2O4/c1-4-8-25-21(26)18(24-22(25)27)10-16-11-19(28-3)20(12-17(16)23)29-13-15-7-5-6-14(2)9-15/h5-7,9-12H,4,8,13H2,1-3H3,(H,24,27)/b18-10+. The molecule has 0 unspecified atom stereocenters. The third-order valence-corrected chi connectivity index (χ3v) is 5.16. The first-order valence-corrected chi connectivity index (χ1v) is 10.1. The third-order valence-electron chi connectivity index (χ3n) is 4.47. The number of rotatable bonds is 7. The van der Waals surface area contributed by atoms with Crippen LogP contribution >= 0.6 is 15.9 Å². The van der Waals surface area contributed by atoms with Crippen molar-refractivity contribution in [2.24, 2.45) is 0 Å². The first-order valence-electron chi connectivity index (χ1n) is 9.33. The maximum atomic E-state index is 12.4. The number of nitrogens with zero attached hydrogens (tertiary/aromatic N) is 1. The Morgan fingerprint density at radius 2 is 1.97 bits per heavy atom. The minimum atomic E-state index is -0.399. The van der Waals surface area contributed by atoms with Gasteiger partial charge in [0.05, 0.1) is 7.11 Å². The minimum absolute atomic E-state index is 0.236. The molecule has 29 heavy (non-hydrogen) atoms. The van der Waals surface area contributed by atoms with E-state index in [-0.39, 0.29) is 11.6 Å². The molecule has 1 aliphatic heterocycles. The monoisotopic (exact) mass is 458 g/mol. The van der Waals surface area contributed by atoms with Crippen LogP contribution in [0, 0.1) is 6.92 Å². The molecule has 1 aliphatic rings. The van der Waals surface area contributed by atoms with Gasteiger partial charge in [0, 0.05) is 11.0 Å². The molecule has 7 heteroatoms. The molecular weight excluding hydrogens is 436 g/mol. The van der Waals surface area contributed by atoms with Crippen LogP contribution in [0.2, 0.25) is 0 Å². The normalized spacial score (nSPS) is 15.0. The van der Waals surface area contributed by atoms with Crippen molar-refractivity contribution in [1.82, 2.24) is 10.2 Å². The topological polar surface area (TPSA) is 67.9 Å². The highest BCUT2D eigenvalue weighted by Crippen LogP contribution is 2.35. The number of hydrogen-bond acceptors (Lipinski definition) is 4. The number of methoxy groups -OCH3 is 1. The second kappa shape index (κ2) is 9.13. The summed E-state index contributed by atoms with van der Waals surface area (Å²) < 4.78 is 12.1. The fourth-order valence-electron chi connectivity index (χ4n) is 3.05. The van der Waals surface area contributed by atoms with Crippen LogP contribution in [-0.2, 0) is 11.4 Å². The summed E-state index contributed by atoms with van der Waals surface area (Å²) >= 11 is 3.52. The molecule has 1 fully saturated rings. The van der Waals surface area contributed by atoms with Crippen molar-refractivity contribution in [2.45, 2.75) is 26.9 Å². The Morgan fingerprint density at radius 3 is 2.66 bits per heavy atom. The van der Waals surface area contributed by atoms with Crippen molar-refractivity contribution >= 4 is 33.9 Å². The van der Waals surface area contributed by atoms with Gasteiger partial charge in [0.15, 0.2) is 11.5 Å². The van der Waals surface area contributed by atoms with Crippen LogP contribution in [0.1, 0.15) is 30.0 Å². The zero-order valence-electron chi connectivity index (χ0n) is 16.6. The molecule has 1 saturated heterocycles. The number of hydrogen-bond donors (Lipinski definition) is 1. The van der Waals surface area contributed by atoms with E-state index in [9.17, 15) is 9.59 Å². The molecule has 0 aliphatic carbocycles. The molecule has 6 nitrogen and oxygen atoms in total. The molecule has 0 atom stereocenters. The third kappa shape index (κ3) is 4.79. The van der Waals surface area contributed by atoms with Crippen molar-refractivity contribution in [3.05, 3.63) is 63.3 Å². The summed E-state index contributed by atoms with van der Waals surface area (Å²) in [7, 11) is 1.56. The summed E-state index contributed by atoms with van der Waals surface area (Å²) in [5, 5.41) is 2.62. The van der Waals surface area contributed by atoms with Gasteiger partial charge >= 0.3 is 6.03 Å². The second-order valence-corrected chi connectivity index (χ2v) is 7.60. The van der Waals surface area contributed by atoms with E-state index >= 15 is 0 Å². The number of carbonyl (C=O) groups is 2. The SMILES string of the molecule is CCCN1C(=O)N/C(=C/c2cc(OC)c(OCc3cccc(C)c3)cc2Br)C1=O. The van der Waals surface area contributed by atoms with Crippen molar-refractivity contribution in [3.63, 3.8) is 0 Å². The van der Waals surface area contributed by atoms with Gasteiger partial charge in [0.25, 0.3) is 5.91 Å². The summed E-state index contributed by atoms with van der Waals surface area (Å²) in [5.41, 5.74) is 3.16. The Kier molecular flexibility index (Phi) is 6.59. The molecular formula is C22H23BrN2O4. The molecule has 152 valence electrons. The van der Waals surface area contributed by atoms with Crippen LogP contribution in [0.25, 0.3) is 6.08 Å². The number of nitrogens with one attached hydrogen (secondary N) is 1. The molecule has 2 aromatic carbocycles. The summed E-state index contributed by atoms with van der Waals surface area (Å²) in [5.74, 6) is 0.787. The lowest BCUT2D eigenvalue weighted by atomic mass is 10.1. The number of ether oxygens (including phenoxy) is 2. The first-order chi connectivity index (χ1) is 13.9. The van der Waals surface area contributed by atoms with Gasteiger partial charge in [-0.3, -0.25) is 9.69 Å². The smallest absolute Gasteiger partial charge is 0.329 e. The van der Waals surface area contributed by atoms with E-state index in [2.05, 4.69) is 27.3 Å². The maximum absolute atomic E-state index is 12.4. The Hall–Kier alpha value is -2.80. The zero-order valence-corrected chi connectivity index (χ0v) is 18.2. The molecule has 0 bridgehead atoms. The summed E-state index contributed by atoms with van der Waals surface area (Å²) in [6.07, 6.45) is 2.34. The van der Waals surface area contributed by atoms with E-state index in [1.807, 2.05) is 32.0 Å². The molecule has 1 heterocycles. The maximum Gasteiger partial charge on any atom is 0.329 e. The average molecular weight is 459 g/mol. The minimum Gasteiger partial charge on any atom is -0.493 e. The van der Waals surface area contributed by atoms with Crippen molar-refractivity contribution in [3.8, 4) is 11.5 Å². The fourth-order valence-corrected chi connectivity index (χ4v) is 3.49. The highest BCUT2D eigenvalue weighted by atomic mass is 79.9. The van der Waals surface area contributed by atoms with E-state index in [4.69, 9.17) is 9.47 Å². The van der Waals surface area contributed by atoms with Gasteiger partial charge in [0.1, 0.15) is 12.3 Å². The zero-order chi connectivity index (χ0) is 21.0. The van der Waals surface area contributed by atoms with Gasteiger partial charge in [-0.15, -0.1) is 0 Å². The first kappa shape index (κ1) is 20.9. The van der Waals surface area contributed by atoms with Crippen LogP contribution in [0.4, 0.5) is 4.79 Å². The fraction of sp³-hybridized carbons (Fsp3) is 0.273. The molecule has 0 radical (unpaired) electrons. The second-order valence-electron chi connectivity index (χ2n) is 6.75.